The molecule has 0 radical (unpaired) electrons. The van der Waals surface area contributed by atoms with Gasteiger partial charge in [0.2, 0.25) is 4.96 Å². The van der Waals surface area contributed by atoms with E-state index in [4.69, 9.17) is 4.98 Å². The predicted octanol–water partition coefficient (Wildman–Crippen LogP) is 4.50. The van der Waals surface area contributed by atoms with E-state index in [2.05, 4.69) is 52.4 Å². The fourth-order valence-corrected chi connectivity index (χ4v) is 4.72. The third-order valence-corrected chi connectivity index (χ3v) is 6.62. The third-order valence-electron chi connectivity index (χ3n) is 5.67. The maximum absolute atomic E-state index is 12.7. The number of nitrogens with one attached hydrogen (secondary N) is 2. The lowest BCUT2D eigenvalue weighted by Crippen LogP contribution is -2.44. The van der Waals surface area contributed by atoms with Gasteiger partial charge in [-0.05, 0) is 24.1 Å². The molecule has 1 aromatic carbocycles. The average molecular weight is 477 g/mol. The minimum atomic E-state index is -0.149. The summed E-state index contributed by atoms with van der Waals surface area (Å²) in [5.74, 6) is 0.727. The third kappa shape index (κ3) is 6.01. The summed E-state index contributed by atoms with van der Waals surface area (Å²) in [6.07, 6.45) is 11.7. The van der Waals surface area contributed by atoms with Crippen molar-refractivity contribution in [3.8, 4) is 10.6 Å². The second-order valence-corrected chi connectivity index (χ2v) is 9.20. The van der Waals surface area contributed by atoms with Crippen molar-refractivity contribution in [3.05, 3.63) is 77.1 Å². The number of aromatic nitrogens is 3. The topological polar surface area (TPSA) is 74.6 Å². The van der Waals surface area contributed by atoms with Crippen LogP contribution >= 0.6 is 11.3 Å². The lowest BCUT2D eigenvalue weighted by atomic mass is 10.1. The molecule has 1 aliphatic heterocycles. The number of unbranched alkanes of at least 4 members (excludes halogenated alkanes) is 2. The molecule has 0 saturated carbocycles. The Morgan fingerprint density at radius 3 is 2.94 bits per heavy atom. The molecule has 34 heavy (non-hydrogen) atoms. The first-order valence-corrected chi connectivity index (χ1v) is 12.7. The van der Waals surface area contributed by atoms with Gasteiger partial charge in [-0.25, -0.2) is 4.98 Å². The van der Waals surface area contributed by atoms with Crippen molar-refractivity contribution >= 4 is 27.8 Å². The smallest absolute Gasteiger partial charge is 0.277 e. The molecule has 0 spiro atoms. The van der Waals surface area contributed by atoms with Crippen molar-refractivity contribution < 1.29 is 0 Å². The molecule has 1 fully saturated rings. The molecule has 0 unspecified atom stereocenters. The molecule has 2 aromatic heterocycles. The van der Waals surface area contributed by atoms with Crippen LogP contribution < -0.4 is 21.1 Å². The number of hydrogen-bond donors (Lipinski definition) is 2. The Kier molecular flexibility index (Phi) is 8.27. The van der Waals surface area contributed by atoms with Crippen LogP contribution in [0, 0.1) is 0 Å². The van der Waals surface area contributed by atoms with Crippen LogP contribution in [0.25, 0.3) is 15.5 Å². The van der Waals surface area contributed by atoms with Crippen molar-refractivity contribution in [3.63, 3.8) is 0 Å². The zero-order valence-electron chi connectivity index (χ0n) is 19.7. The first-order chi connectivity index (χ1) is 16.7. The van der Waals surface area contributed by atoms with Crippen LogP contribution in [0.5, 0.6) is 0 Å². The van der Waals surface area contributed by atoms with Gasteiger partial charge < -0.3 is 15.5 Å². The molecule has 7 nitrogen and oxygen atoms in total. The van der Waals surface area contributed by atoms with E-state index in [-0.39, 0.29) is 5.56 Å². The number of hydrogen-bond acceptors (Lipinski definition) is 7. The van der Waals surface area contributed by atoms with Crippen LogP contribution in [0.3, 0.4) is 0 Å². The highest BCUT2D eigenvalue weighted by molar-refractivity contribution is 7.19. The van der Waals surface area contributed by atoms with E-state index in [0.717, 1.165) is 54.7 Å². The number of anilines is 2. The van der Waals surface area contributed by atoms with Gasteiger partial charge in [0, 0.05) is 50.0 Å². The first-order valence-electron chi connectivity index (χ1n) is 11.9. The van der Waals surface area contributed by atoms with Gasteiger partial charge in [-0.15, -0.1) is 0 Å². The molecule has 0 bridgehead atoms. The second kappa shape index (κ2) is 11.8. The largest absolute Gasteiger partial charge is 0.381 e. The maximum Gasteiger partial charge on any atom is 0.277 e. The van der Waals surface area contributed by atoms with Crippen molar-refractivity contribution in [2.45, 2.75) is 26.2 Å². The molecular formula is C26H32N6OS. The zero-order valence-corrected chi connectivity index (χ0v) is 20.5. The Balaban J connectivity index is 1.51. The lowest BCUT2D eigenvalue weighted by Gasteiger charge is -2.27. The summed E-state index contributed by atoms with van der Waals surface area (Å²) in [5, 5.41) is 12.1. The molecule has 2 N–H and O–H groups in total. The number of allylic oxidation sites excluding steroid dienone is 3. The van der Waals surface area contributed by atoms with Crippen LogP contribution in [0.4, 0.5) is 11.5 Å². The van der Waals surface area contributed by atoms with Gasteiger partial charge in [0.25, 0.3) is 5.56 Å². The van der Waals surface area contributed by atoms with E-state index in [0.29, 0.717) is 11.5 Å². The Morgan fingerprint density at radius 1 is 1.29 bits per heavy atom. The summed E-state index contributed by atoms with van der Waals surface area (Å²) < 4.78 is 1.40. The van der Waals surface area contributed by atoms with E-state index in [1.54, 1.807) is 6.07 Å². The Bertz CT molecular complexity index is 1240. The highest BCUT2D eigenvalue weighted by Crippen LogP contribution is 2.27. The number of rotatable bonds is 10. The highest BCUT2D eigenvalue weighted by Gasteiger charge is 2.16. The fraction of sp³-hybridized carbons (Fsp3) is 0.346. The summed E-state index contributed by atoms with van der Waals surface area (Å²) in [6, 6.07) is 9.69. The van der Waals surface area contributed by atoms with Gasteiger partial charge in [-0.1, -0.05) is 74.1 Å². The summed E-state index contributed by atoms with van der Waals surface area (Å²) >= 11 is 1.43. The number of nitrogens with zero attached hydrogens (tertiary/aromatic N) is 4. The van der Waals surface area contributed by atoms with Gasteiger partial charge in [-0.3, -0.25) is 4.79 Å². The summed E-state index contributed by atoms with van der Waals surface area (Å²) in [4.78, 5) is 20.2. The van der Waals surface area contributed by atoms with Gasteiger partial charge >= 0.3 is 0 Å². The van der Waals surface area contributed by atoms with E-state index >= 15 is 0 Å². The predicted molar refractivity (Wildman–Crippen MR) is 143 cm³/mol. The van der Waals surface area contributed by atoms with Crippen molar-refractivity contribution in [2.24, 2.45) is 0 Å². The first kappa shape index (κ1) is 23.9. The summed E-state index contributed by atoms with van der Waals surface area (Å²) in [7, 11) is 0. The second-order valence-electron chi connectivity index (χ2n) is 8.25. The standard InChI is InChI=1S/C26H32N6OS/c1-3-5-6-7-10-20(9-4-2)19-28-22-12-8-11-21(17-22)25-30-32-24(33)18-23(29-26(32)34-25)31-15-13-27-14-16-31/h4,7-12,17-18,27-28H,2-3,5-6,13-16,19H2,1H3. The van der Waals surface area contributed by atoms with Gasteiger partial charge in [0.1, 0.15) is 10.8 Å². The minimum absolute atomic E-state index is 0.149. The molecular weight excluding hydrogens is 444 g/mol. The number of piperazine rings is 1. The zero-order chi connectivity index (χ0) is 23.8. The molecule has 1 saturated heterocycles. The van der Waals surface area contributed by atoms with E-state index in [1.165, 1.54) is 34.3 Å². The van der Waals surface area contributed by atoms with Crippen LogP contribution in [-0.4, -0.2) is 47.3 Å². The molecule has 0 amide bonds. The molecule has 178 valence electrons. The Morgan fingerprint density at radius 2 is 2.15 bits per heavy atom. The number of benzene rings is 1. The van der Waals surface area contributed by atoms with Crippen LogP contribution in [0.1, 0.15) is 26.2 Å². The van der Waals surface area contributed by atoms with E-state index < -0.39 is 0 Å². The fourth-order valence-electron chi connectivity index (χ4n) is 3.82. The summed E-state index contributed by atoms with van der Waals surface area (Å²) in [5.41, 5.74) is 2.98. The van der Waals surface area contributed by atoms with Crippen molar-refractivity contribution in [1.29, 1.82) is 0 Å². The molecule has 3 heterocycles. The van der Waals surface area contributed by atoms with Crippen molar-refractivity contribution in [2.75, 3.05) is 42.9 Å². The Hall–Kier alpha value is -3.23. The molecule has 8 heteroatoms. The van der Waals surface area contributed by atoms with Gasteiger partial charge in [0.15, 0.2) is 0 Å². The van der Waals surface area contributed by atoms with Crippen LogP contribution in [0.15, 0.2) is 71.6 Å². The normalized spacial score (nSPS) is 14.7. The van der Waals surface area contributed by atoms with Crippen LogP contribution in [0.2, 0.25) is 0 Å². The number of fused-ring (bicyclic) bond motifs is 1. The quantitative estimate of drug-likeness (QED) is 0.332. The molecule has 4 rings (SSSR count). The molecule has 0 aliphatic carbocycles. The maximum atomic E-state index is 12.7. The lowest BCUT2D eigenvalue weighted by molar-refractivity contribution is 0.584. The van der Waals surface area contributed by atoms with Gasteiger partial charge in [-0.2, -0.15) is 9.61 Å². The van der Waals surface area contributed by atoms with E-state index in [9.17, 15) is 4.79 Å². The Labute approximate surface area is 204 Å². The molecule has 3 aromatic rings. The SMILES string of the molecule is C=CC=C(C=CCCCC)CNc1cccc(-c2nn3c(=O)cc(N4CCNCC4)nc3s2)c1. The van der Waals surface area contributed by atoms with Crippen molar-refractivity contribution in [1.82, 2.24) is 19.9 Å². The van der Waals surface area contributed by atoms with Gasteiger partial charge in [0.05, 0.1) is 0 Å². The monoisotopic (exact) mass is 476 g/mol. The highest BCUT2D eigenvalue weighted by atomic mass is 32.1. The molecule has 1 aliphatic rings. The summed E-state index contributed by atoms with van der Waals surface area (Å²) in [6.45, 7) is 10.2. The minimum Gasteiger partial charge on any atom is -0.381 e. The average Bonchev–Trinajstić information content (AvgIpc) is 3.31. The molecule has 0 atom stereocenters. The van der Waals surface area contributed by atoms with Crippen LogP contribution in [-0.2, 0) is 0 Å². The van der Waals surface area contributed by atoms with E-state index in [1.807, 2.05) is 30.4 Å².